The molecule has 2 rings (SSSR count). The molecule has 0 bridgehead atoms. The Morgan fingerprint density at radius 1 is 1.18 bits per heavy atom. The molecular formula is C16H20ClN3OS. The predicted octanol–water partition coefficient (Wildman–Crippen LogP) is 4.96. The van der Waals surface area contributed by atoms with Crippen molar-refractivity contribution in [2.45, 2.75) is 45.4 Å². The van der Waals surface area contributed by atoms with E-state index >= 15 is 0 Å². The van der Waals surface area contributed by atoms with E-state index in [1.807, 2.05) is 0 Å². The predicted molar refractivity (Wildman–Crippen MR) is 91.8 cm³/mol. The Balaban J connectivity index is 1.84. The lowest BCUT2D eigenvalue weighted by molar-refractivity contribution is 0.102. The average Bonchev–Trinajstić information content (AvgIpc) is 2.95. The molecule has 1 heterocycles. The zero-order valence-electron chi connectivity index (χ0n) is 12.6. The first-order chi connectivity index (χ1) is 10.7. The summed E-state index contributed by atoms with van der Waals surface area (Å²) in [5.41, 5.74) is 0.445. The molecule has 0 saturated heterocycles. The molecule has 2 aromatic rings. The number of halogens is 1. The Hall–Kier alpha value is -1.46. The molecule has 0 aliphatic carbocycles. The van der Waals surface area contributed by atoms with E-state index in [1.54, 1.807) is 24.3 Å². The number of hydrogen-bond acceptors (Lipinski definition) is 4. The van der Waals surface area contributed by atoms with E-state index < -0.39 is 0 Å². The minimum absolute atomic E-state index is 0.253. The van der Waals surface area contributed by atoms with E-state index in [9.17, 15) is 4.79 Å². The highest BCUT2D eigenvalue weighted by atomic mass is 35.5. The fraction of sp³-hybridized carbons (Fsp3) is 0.438. The molecule has 0 unspecified atom stereocenters. The van der Waals surface area contributed by atoms with Gasteiger partial charge in [0.2, 0.25) is 5.13 Å². The van der Waals surface area contributed by atoms with Crippen LogP contribution in [0.4, 0.5) is 5.13 Å². The summed E-state index contributed by atoms with van der Waals surface area (Å²) in [4.78, 5) is 12.1. The molecule has 1 N–H and O–H groups in total. The molecule has 0 fully saturated rings. The van der Waals surface area contributed by atoms with Crippen molar-refractivity contribution in [2.24, 2.45) is 0 Å². The molecule has 1 aromatic heterocycles. The first kappa shape index (κ1) is 16.9. The Labute approximate surface area is 139 Å². The largest absolute Gasteiger partial charge is 0.296 e. The highest BCUT2D eigenvalue weighted by molar-refractivity contribution is 7.15. The highest BCUT2D eigenvalue weighted by Gasteiger charge is 2.12. The molecule has 0 saturated carbocycles. The second-order valence-electron chi connectivity index (χ2n) is 5.10. The van der Waals surface area contributed by atoms with Gasteiger partial charge in [0, 0.05) is 6.42 Å². The molecule has 0 radical (unpaired) electrons. The van der Waals surface area contributed by atoms with Crippen molar-refractivity contribution in [3.8, 4) is 0 Å². The SMILES string of the molecule is CCCCCCCc1nnc(NC(=O)c2ccccc2Cl)s1. The van der Waals surface area contributed by atoms with E-state index in [-0.39, 0.29) is 5.91 Å². The second-order valence-corrected chi connectivity index (χ2v) is 6.57. The van der Waals surface area contributed by atoms with Crippen molar-refractivity contribution < 1.29 is 4.79 Å². The number of rotatable bonds is 8. The van der Waals surface area contributed by atoms with Crippen LogP contribution in [0.2, 0.25) is 5.02 Å². The fourth-order valence-corrected chi connectivity index (χ4v) is 3.09. The molecule has 0 atom stereocenters. The summed E-state index contributed by atoms with van der Waals surface area (Å²) >= 11 is 7.44. The van der Waals surface area contributed by atoms with Crippen LogP contribution in [0.15, 0.2) is 24.3 Å². The molecule has 118 valence electrons. The summed E-state index contributed by atoms with van der Waals surface area (Å²) in [5, 5.41) is 12.8. The lowest BCUT2D eigenvalue weighted by atomic mass is 10.1. The third kappa shape index (κ3) is 5.07. The van der Waals surface area contributed by atoms with Crippen LogP contribution in [0, 0.1) is 0 Å². The summed E-state index contributed by atoms with van der Waals surface area (Å²) < 4.78 is 0. The van der Waals surface area contributed by atoms with Crippen LogP contribution in [0.3, 0.4) is 0 Å². The molecule has 0 aliphatic heterocycles. The van der Waals surface area contributed by atoms with E-state index in [0.29, 0.717) is 15.7 Å². The van der Waals surface area contributed by atoms with Crippen molar-refractivity contribution in [1.82, 2.24) is 10.2 Å². The van der Waals surface area contributed by atoms with Crippen LogP contribution in [0.25, 0.3) is 0 Å². The number of hydrogen-bond donors (Lipinski definition) is 1. The molecule has 0 spiro atoms. The number of aryl methyl sites for hydroxylation is 1. The summed E-state index contributed by atoms with van der Waals surface area (Å²) in [6.45, 7) is 2.21. The van der Waals surface area contributed by atoms with E-state index in [1.165, 1.54) is 37.0 Å². The quantitative estimate of drug-likeness (QED) is 0.693. The molecule has 6 heteroatoms. The normalized spacial score (nSPS) is 10.6. The maximum atomic E-state index is 12.1. The van der Waals surface area contributed by atoms with Gasteiger partial charge in [0.05, 0.1) is 10.6 Å². The third-order valence-corrected chi connectivity index (χ3v) is 4.53. The Kier molecular flexibility index (Phi) is 6.80. The summed E-state index contributed by atoms with van der Waals surface area (Å²) in [6, 6.07) is 6.95. The first-order valence-corrected chi connectivity index (χ1v) is 8.78. The number of nitrogens with one attached hydrogen (secondary N) is 1. The van der Waals surface area contributed by atoms with Gasteiger partial charge in [-0.3, -0.25) is 10.1 Å². The summed E-state index contributed by atoms with van der Waals surface area (Å²) in [5.74, 6) is -0.253. The van der Waals surface area contributed by atoms with Crippen LogP contribution < -0.4 is 5.32 Å². The average molecular weight is 338 g/mol. The maximum Gasteiger partial charge on any atom is 0.259 e. The van der Waals surface area contributed by atoms with Gasteiger partial charge >= 0.3 is 0 Å². The minimum atomic E-state index is -0.253. The number of carbonyl (C=O) groups is 1. The standard InChI is InChI=1S/C16H20ClN3OS/c1-2-3-4-5-6-11-14-19-20-16(22-14)18-15(21)12-9-7-8-10-13(12)17/h7-10H,2-6,11H2,1H3,(H,18,20,21). The van der Waals surface area contributed by atoms with Gasteiger partial charge < -0.3 is 0 Å². The van der Waals surface area contributed by atoms with E-state index in [0.717, 1.165) is 17.8 Å². The molecular weight excluding hydrogens is 318 g/mol. The topological polar surface area (TPSA) is 54.9 Å². The number of amides is 1. The number of anilines is 1. The van der Waals surface area contributed by atoms with Gasteiger partial charge in [0.25, 0.3) is 5.91 Å². The van der Waals surface area contributed by atoms with Gasteiger partial charge in [-0.05, 0) is 18.6 Å². The maximum absolute atomic E-state index is 12.1. The molecule has 22 heavy (non-hydrogen) atoms. The number of benzene rings is 1. The highest BCUT2D eigenvalue weighted by Crippen LogP contribution is 2.21. The number of unbranched alkanes of at least 4 members (excludes halogenated alkanes) is 4. The van der Waals surface area contributed by atoms with Crippen molar-refractivity contribution in [2.75, 3.05) is 5.32 Å². The zero-order chi connectivity index (χ0) is 15.8. The van der Waals surface area contributed by atoms with Crippen LogP contribution in [-0.2, 0) is 6.42 Å². The van der Waals surface area contributed by atoms with Gasteiger partial charge in [0.15, 0.2) is 0 Å². The second kappa shape index (κ2) is 8.86. The Bertz CT molecular complexity index is 615. The molecule has 1 aromatic carbocycles. The lowest BCUT2D eigenvalue weighted by Gasteiger charge is -2.02. The van der Waals surface area contributed by atoms with Gasteiger partial charge in [0.1, 0.15) is 5.01 Å². The Morgan fingerprint density at radius 2 is 1.95 bits per heavy atom. The third-order valence-electron chi connectivity index (χ3n) is 3.30. The summed E-state index contributed by atoms with van der Waals surface area (Å²) in [7, 11) is 0. The van der Waals surface area contributed by atoms with Crippen molar-refractivity contribution >= 4 is 34.0 Å². The summed E-state index contributed by atoms with van der Waals surface area (Å²) in [6.07, 6.45) is 7.06. The van der Waals surface area contributed by atoms with Crippen molar-refractivity contribution in [3.63, 3.8) is 0 Å². The molecule has 1 amide bonds. The number of carbonyl (C=O) groups excluding carboxylic acids is 1. The fourth-order valence-electron chi connectivity index (χ4n) is 2.09. The molecule has 4 nitrogen and oxygen atoms in total. The van der Waals surface area contributed by atoms with Crippen LogP contribution in [0.5, 0.6) is 0 Å². The van der Waals surface area contributed by atoms with Gasteiger partial charge in [-0.2, -0.15) is 0 Å². The smallest absolute Gasteiger partial charge is 0.259 e. The van der Waals surface area contributed by atoms with Crippen molar-refractivity contribution in [3.05, 3.63) is 39.9 Å². The van der Waals surface area contributed by atoms with Crippen LogP contribution >= 0.6 is 22.9 Å². The molecule has 0 aliphatic rings. The van der Waals surface area contributed by atoms with Crippen LogP contribution in [0.1, 0.15) is 54.4 Å². The van der Waals surface area contributed by atoms with E-state index in [4.69, 9.17) is 11.6 Å². The Morgan fingerprint density at radius 3 is 2.73 bits per heavy atom. The van der Waals surface area contributed by atoms with Gasteiger partial charge in [-0.15, -0.1) is 10.2 Å². The van der Waals surface area contributed by atoms with E-state index in [2.05, 4.69) is 22.4 Å². The zero-order valence-corrected chi connectivity index (χ0v) is 14.2. The minimum Gasteiger partial charge on any atom is -0.296 e. The number of nitrogens with zero attached hydrogens (tertiary/aromatic N) is 2. The van der Waals surface area contributed by atoms with Crippen LogP contribution in [-0.4, -0.2) is 16.1 Å². The van der Waals surface area contributed by atoms with Crippen molar-refractivity contribution in [1.29, 1.82) is 0 Å². The van der Waals surface area contributed by atoms with Gasteiger partial charge in [-0.25, -0.2) is 0 Å². The number of aromatic nitrogens is 2. The van der Waals surface area contributed by atoms with Gasteiger partial charge in [-0.1, -0.05) is 67.7 Å². The first-order valence-electron chi connectivity index (χ1n) is 7.59. The monoisotopic (exact) mass is 337 g/mol. The lowest BCUT2D eigenvalue weighted by Crippen LogP contribution is -2.12.